The third kappa shape index (κ3) is 4.94. The zero-order valence-corrected chi connectivity index (χ0v) is 16.1. The van der Waals surface area contributed by atoms with Crippen LogP contribution in [0.1, 0.15) is 5.56 Å². The summed E-state index contributed by atoms with van der Waals surface area (Å²) in [5.41, 5.74) is 1.32. The number of alkyl halides is 3. The first kappa shape index (κ1) is 21.5. The highest BCUT2D eigenvalue weighted by Crippen LogP contribution is 2.29. The first-order valence-corrected chi connectivity index (χ1v) is 9.14. The molecule has 1 aromatic carbocycles. The number of nitro groups is 1. The largest absolute Gasteiger partial charge is 0.573 e. The van der Waals surface area contributed by atoms with Gasteiger partial charge < -0.3 is 24.3 Å². The minimum absolute atomic E-state index is 0.154. The monoisotopic (exact) mass is 454 g/mol. The zero-order chi connectivity index (χ0) is 22.9. The van der Waals surface area contributed by atoms with Gasteiger partial charge in [-0.05, 0) is 34.8 Å². The average Bonchev–Trinajstić information content (AvgIpc) is 3.17. The molecule has 0 radical (unpaired) electrons. The lowest BCUT2D eigenvalue weighted by molar-refractivity contribution is -0.389. The van der Waals surface area contributed by atoms with E-state index in [2.05, 4.69) is 14.7 Å². The molecule has 168 valence electrons. The molecule has 1 aliphatic heterocycles. The minimum Gasteiger partial charge on any atom is -0.443 e. The lowest BCUT2D eigenvalue weighted by Gasteiger charge is -2.22. The molecule has 0 N–H and O–H groups in total. The summed E-state index contributed by atoms with van der Waals surface area (Å²) in [4.78, 5) is 18.1. The second kappa shape index (κ2) is 8.42. The molecule has 32 heavy (non-hydrogen) atoms. The highest BCUT2D eigenvalue weighted by atomic mass is 19.4. The van der Waals surface area contributed by atoms with Crippen LogP contribution < -0.4 is 9.47 Å². The lowest BCUT2D eigenvalue weighted by Crippen LogP contribution is -2.32. The van der Waals surface area contributed by atoms with Crippen molar-refractivity contribution < 1.29 is 36.7 Å². The Bertz CT molecular complexity index is 1130. The Morgan fingerprint density at radius 2 is 2.09 bits per heavy atom. The van der Waals surface area contributed by atoms with Gasteiger partial charge in [0.05, 0.1) is 18.8 Å². The first-order valence-electron chi connectivity index (χ1n) is 9.14. The smallest absolute Gasteiger partial charge is 0.443 e. The van der Waals surface area contributed by atoms with Crippen LogP contribution in [-0.2, 0) is 17.9 Å². The van der Waals surface area contributed by atoms with Crippen molar-refractivity contribution in [3.8, 4) is 23.0 Å². The highest BCUT2D eigenvalue weighted by Gasteiger charge is 2.32. The zero-order valence-electron chi connectivity index (χ0n) is 16.1. The van der Waals surface area contributed by atoms with Gasteiger partial charge in [-0.3, -0.25) is 9.55 Å². The SMILES string of the molecule is O=[N+]([O-])c1cn2c(n1)OC[C@@H](OCc1ccc(-c3ccc(OC(F)(F)F)c(F)c3)nc1)C2. The molecule has 3 aromatic rings. The topological polar surface area (TPSA) is 102 Å². The Balaban J connectivity index is 1.36. The van der Waals surface area contributed by atoms with Crippen molar-refractivity contribution in [1.82, 2.24) is 14.5 Å². The fourth-order valence-electron chi connectivity index (χ4n) is 3.02. The van der Waals surface area contributed by atoms with Gasteiger partial charge in [0.1, 0.15) is 18.9 Å². The molecule has 0 spiro atoms. The van der Waals surface area contributed by atoms with Crippen molar-refractivity contribution in [2.45, 2.75) is 25.6 Å². The van der Waals surface area contributed by atoms with E-state index in [0.717, 1.165) is 12.1 Å². The predicted octanol–water partition coefficient (Wildman–Crippen LogP) is 3.87. The summed E-state index contributed by atoms with van der Waals surface area (Å²) in [5, 5.41) is 10.8. The van der Waals surface area contributed by atoms with Gasteiger partial charge in [0.25, 0.3) is 0 Å². The van der Waals surface area contributed by atoms with Crippen molar-refractivity contribution in [2.24, 2.45) is 0 Å². The van der Waals surface area contributed by atoms with Crippen molar-refractivity contribution in [3.63, 3.8) is 0 Å². The van der Waals surface area contributed by atoms with Gasteiger partial charge in [-0.2, -0.15) is 0 Å². The van der Waals surface area contributed by atoms with Gasteiger partial charge in [-0.15, -0.1) is 13.2 Å². The van der Waals surface area contributed by atoms with E-state index in [1.54, 1.807) is 12.1 Å². The number of nitrogens with zero attached hydrogens (tertiary/aromatic N) is 4. The Morgan fingerprint density at radius 3 is 2.75 bits per heavy atom. The average molecular weight is 454 g/mol. The molecule has 0 unspecified atom stereocenters. The van der Waals surface area contributed by atoms with Crippen LogP contribution in [0.5, 0.6) is 11.8 Å². The minimum atomic E-state index is -4.99. The number of aromatic nitrogens is 3. The molecule has 1 aliphatic rings. The van der Waals surface area contributed by atoms with Gasteiger partial charge >= 0.3 is 18.2 Å². The number of hydrogen-bond donors (Lipinski definition) is 0. The van der Waals surface area contributed by atoms with E-state index in [-0.39, 0.29) is 36.7 Å². The fourth-order valence-corrected chi connectivity index (χ4v) is 3.02. The van der Waals surface area contributed by atoms with Crippen LogP contribution in [0.2, 0.25) is 0 Å². The van der Waals surface area contributed by atoms with Crippen LogP contribution in [0.25, 0.3) is 11.3 Å². The number of imidazole rings is 1. The number of fused-ring (bicyclic) bond motifs is 1. The standard InChI is InChI=1S/C19H14F4N4O5/c20-14-5-12(2-4-16(14)32-19(21,22)23)15-3-1-11(6-24-15)9-30-13-7-26-8-17(27(28)29)25-18(26)31-10-13/h1-6,8,13H,7,9-10H2/t13-/m0/s1. The maximum Gasteiger partial charge on any atom is 0.573 e. The summed E-state index contributed by atoms with van der Waals surface area (Å²) >= 11 is 0. The van der Waals surface area contributed by atoms with Crippen LogP contribution >= 0.6 is 0 Å². The molecule has 0 fully saturated rings. The van der Waals surface area contributed by atoms with Gasteiger partial charge in [0.2, 0.25) is 0 Å². The number of pyridine rings is 1. The molecule has 0 saturated carbocycles. The maximum absolute atomic E-state index is 13.9. The molecule has 0 bridgehead atoms. The summed E-state index contributed by atoms with van der Waals surface area (Å²) in [6.07, 6.45) is -2.60. The normalized spacial score (nSPS) is 15.7. The molecule has 0 aliphatic carbocycles. The molecular formula is C19H14F4N4O5. The molecule has 0 saturated heterocycles. The van der Waals surface area contributed by atoms with Crippen LogP contribution in [0.15, 0.2) is 42.7 Å². The van der Waals surface area contributed by atoms with E-state index in [9.17, 15) is 27.7 Å². The molecular weight excluding hydrogens is 440 g/mol. The lowest BCUT2D eigenvalue weighted by atomic mass is 10.1. The molecule has 13 heteroatoms. The van der Waals surface area contributed by atoms with E-state index in [1.807, 2.05) is 0 Å². The van der Waals surface area contributed by atoms with Crippen LogP contribution in [0.3, 0.4) is 0 Å². The number of benzene rings is 1. The molecule has 4 rings (SSSR count). The summed E-state index contributed by atoms with van der Waals surface area (Å²) in [6, 6.07) is 6.46. The highest BCUT2D eigenvalue weighted by molar-refractivity contribution is 5.60. The Kier molecular flexibility index (Phi) is 5.65. The molecule has 0 amide bonds. The number of halogens is 4. The second-order valence-electron chi connectivity index (χ2n) is 6.78. The summed E-state index contributed by atoms with van der Waals surface area (Å²) in [5.74, 6) is -2.40. The van der Waals surface area contributed by atoms with E-state index in [0.29, 0.717) is 17.8 Å². The molecule has 3 heterocycles. The van der Waals surface area contributed by atoms with Crippen molar-refractivity contribution in [3.05, 3.63) is 64.2 Å². The molecule has 9 nitrogen and oxygen atoms in total. The van der Waals surface area contributed by atoms with Gasteiger partial charge in [-0.1, -0.05) is 6.07 Å². The van der Waals surface area contributed by atoms with E-state index < -0.39 is 22.9 Å². The third-order valence-corrected chi connectivity index (χ3v) is 4.48. The van der Waals surface area contributed by atoms with E-state index in [4.69, 9.17) is 9.47 Å². The predicted molar refractivity (Wildman–Crippen MR) is 99.3 cm³/mol. The number of hydrogen-bond acceptors (Lipinski definition) is 7. The Hall–Kier alpha value is -3.74. The van der Waals surface area contributed by atoms with Gasteiger partial charge in [0, 0.05) is 16.7 Å². The van der Waals surface area contributed by atoms with Crippen LogP contribution in [-0.4, -0.2) is 38.5 Å². The molecule has 1 atom stereocenters. The number of rotatable bonds is 6. The van der Waals surface area contributed by atoms with Crippen LogP contribution in [0, 0.1) is 15.9 Å². The Morgan fingerprint density at radius 1 is 1.28 bits per heavy atom. The van der Waals surface area contributed by atoms with E-state index in [1.165, 1.54) is 23.0 Å². The van der Waals surface area contributed by atoms with E-state index >= 15 is 0 Å². The summed E-state index contributed by atoms with van der Waals surface area (Å²) in [7, 11) is 0. The summed E-state index contributed by atoms with van der Waals surface area (Å²) < 4.78 is 66.9. The van der Waals surface area contributed by atoms with Crippen molar-refractivity contribution in [2.75, 3.05) is 6.61 Å². The number of ether oxygens (including phenoxy) is 3. The Labute approximate surface area is 177 Å². The second-order valence-corrected chi connectivity index (χ2v) is 6.78. The van der Waals surface area contributed by atoms with Crippen LogP contribution in [0.4, 0.5) is 23.4 Å². The fraction of sp³-hybridized carbons (Fsp3) is 0.263. The van der Waals surface area contributed by atoms with Crippen molar-refractivity contribution in [1.29, 1.82) is 0 Å². The summed E-state index contributed by atoms with van der Waals surface area (Å²) in [6.45, 7) is 0.665. The van der Waals surface area contributed by atoms with Gasteiger partial charge in [-0.25, -0.2) is 4.39 Å². The third-order valence-electron chi connectivity index (χ3n) is 4.48. The maximum atomic E-state index is 13.9. The quantitative estimate of drug-likeness (QED) is 0.317. The van der Waals surface area contributed by atoms with Gasteiger partial charge in [0.15, 0.2) is 11.6 Å². The van der Waals surface area contributed by atoms with Crippen molar-refractivity contribution >= 4 is 5.82 Å². The first-order chi connectivity index (χ1) is 15.2. The molecule has 2 aromatic heterocycles.